The maximum atomic E-state index is 13.4. The van der Waals surface area contributed by atoms with Crippen molar-refractivity contribution in [2.24, 2.45) is 0 Å². The molecule has 0 N–H and O–H groups in total. The van der Waals surface area contributed by atoms with Crippen LogP contribution in [0, 0.1) is 12.7 Å². The minimum Gasteiger partial charge on any atom is -0.464 e. The summed E-state index contributed by atoms with van der Waals surface area (Å²) in [4.78, 5) is 14.9. The van der Waals surface area contributed by atoms with E-state index in [-0.39, 0.29) is 37.0 Å². The van der Waals surface area contributed by atoms with Crippen molar-refractivity contribution < 1.29 is 26.8 Å². The van der Waals surface area contributed by atoms with E-state index in [1.165, 1.54) is 48.4 Å². The maximum absolute atomic E-state index is 13.4. The molecule has 0 aliphatic rings. The molecule has 0 bridgehead atoms. The number of furan rings is 1. The van der Waals surface area contributed by atoms with E-state index in [0.717, 1.165) is 4.31 Å². The first-order valence-corrected chi connectivity index (χ1v) is 12.3. The van der Waals surface area contributed by atoms with Crippen LogP contribution in [0.5, 0.6) is 0 Å². The molecule has 1 heterocycles. The standard InChI is InChI=1S/C24H26ClFN2O5S/c1-18-3-10-22(33-18)16-27(15-19-4-8-21(26)9-5-19)24(29)17-28(13-14-32-2)34(30,31)23-11-6-20(25)7-12-23/h3-12H,13-17H2,1-2H3. The zero-order chi connectivity index (χ0) is 24.7. The Hall–Kier alpha value is -2.72. The Morgan fingerprint density at radius 2 is 1.71 bits per heavy atom. The first-order chi connectivity index (χ1) is 16.2. The van der Waals surface area contributed by atoms with E-state index in [0.29, 0.717) is 22.1 Å². The zero-order valence-electron chi connectivity index (χ0n) is 18.9. The van der Waals surface area contributed by atoms with Crippen molar-refractivity contribution in [3.8, 4) is 0 Å². The Kier molecular flexibility index (Phi) is 8.84. The molecule has 2 aromatic carbocycles. The van der Waals surface area contributed by atoms with Crippen LogP contribution in [0.1, 0.15) is 17.1 Å². The first-order valence-electron chi connectivity index (χ1n) is 10.5. The second-order valence-electron chi connectivity index (χ2n) is 7.67. The molecule has 0 aliphatic carbocycles. The topological polar surface area (TPSA) is 80.1 Å². The molecule has 7 nitrogen and oxygen atoms in total. The van der Waals surface area contributed by atoms with E-state index in [9.17, 15) is 17.6 Å². The van der Waals surface area contributed by atoms with Gasteiger partial charge in [0.25, 0.3) is 0 Å². The lowest BCUT2D eigenvalue weighted by Crippen LogP contribution is -2.43. The van der Waals surface area contributed by atoms with Crippen LogP contribution in [0.15, 0.2) is 70.0 Å². The smallest absolute Gasteiger partial charge is 0.243 e. The highest BCUT2D eigenvalue weighted by molar-refractivity contribution is 7.89. The van der Waals surface area contributed by atoms with Gasteiger partial charge in [-0.1, -0.05) is 23.7 Å². The molecular formula is C24H26ClFN2O5S. The predicted molar refractivity (Wildman–Crippen MR) is 126 cm³/mol. The Morgan fingerprint density at radius 3 is 2.29 bits per heavy atom. The summed E-state index contributed by atoms with van der Waals surface area (Å²) in [6.07, 6.45) is 0. The SMILES string of the molecule is COCCN(CC(=O)N(Cc1ccc(F)cc1)Cc1ccc(C)o1)S(=O)(=O)c1ccc(Cl)cc1. The molecule has 1 amide bonds. The fourth-order valence-electron chi connectivity index (χ4n) is 3.28. The minimum atomic E-state index is -3.99. The van der Waals surface area contributed by atoms with Crippen LogP contribution in [0.3, 0.4) is 0 Å². The number of sulfonamides is 1. The van der Waals surface area contributed by atoms with E-state index in [1.807, 2.05) is 0 Å². The molecule has 0 unspecified atom stereocenters. The van der Waals surface area contributed by atoms with E-state index < -0.39 is 22.5 Å². The van der Waals surface area contributed by atoms with Gasteiger partial charge in [0.2, 0.25) is 15.9 Å². The number of carbonyl (C=O) groups excluding carboxylic acids is 1. The molecule has 3 rings (SSSR count). The third kappa shape index (κ3) is 6.89. The van der Waals surface area contributed by atoms with E-state index in [4.69, 9.17) is 20.8 Å². The van der Waals surface area contributed by atoms with Gasteiger partial charge < -0.3 is 14.1 Å². The number of amides is 1. The Morgan fingerprint density at radius 1 is 1.03 bits per heavy atom. The number of benzene rings is 2. The molecule has 0 aliphatic heterocycles. The Bertz CT molecular complexity index is 1200. The van der Waals surface area contributed by atoms with Crippen molar-refractivity contribution >= 4 is 27.5 Å². The number of halogens is 2. The van der Waals surface area contributed by atoms with Gasteiger partial charge in [0.05, 0.1) is 24.6 Å². The normalized spacial score (nSPS) is 11.7. The lowest BCUT2D eigenvalue weighted by molar-refractivity contribution is -0.133. The van der Waals surface area contributed by atoms with Crippen LogP contribution in [0.2, 0.25) is 5.02 Å². The number of carbonyl (C=O) groups is 1. The highest BCUT2D eigenvalue weighted by atomic mass is 35.5. The molecule has 0 saturated heterocycles. The van der Waals surface area contributed by atoms with Crippen molar-refractivity contribution in [1.82, 2.24) is 9.21 Å². The highest BCUT2D eigenvalue weighted by Crippen LogP contribution is 2.20. The van der Waals surface area contributed by atoms with E-state index >= 15 is 0 Å². The molecule has 1 aromatic heterocycles. The Balaban J connectivity index is 1.86. The number of hydrogen-bond acceptors (Lipinski definition) is 5. The molecule has 0 radical (unpaired) electrons. The number of aryl methyl sites for hydroxylation is 1. The summed E-state index contributed by atoms with van der Waals surface area (Å²) < 4.78 is 51.6. The molecule has 182 valence electrons. The monoisotopic (exact) mass is 508 g/mol. The van der Waals surface area contributed by atoms with Crippen LogP contribution in [-0.2, 0) is 32.6 Å². The van der Waals surface area contributed by atoms with Crippen molar-refractivity contribution in [3.05, 3.63) is 88.6 Å². The Labute approximate surface area is 203 Å². The summed E-state index contributed by atoms with van der Waals surface area (Å²) in [5, 5.41) is 0.401. The summed E-state index contributed by atoms with van der Waals surface area (Å²) in [6.45, 7) is 1.75. The van der Waals surface area contributed by atoms with Crippen molar-refractivity contribution in [2.75, 3.05) is 26.8 Å². The van der Waals surface area contributed by atoms with Crippen LogP contribution in [0.25, 0.3) is 0 Å². The van der Waals surface area contributed by atoms with E-state index in [1.54, 1.807) is 31.2 Å². The summed E-state index contributed by atoms with van der Waals surface area (Å²) in [5.74, 6) is 0.420. The van der Waals surface area contributed by atoms with Gasteiger partial charge in [-0.2, -0.15) is 4.31 Å². The lowest BCUT2D eigenvalue weighted by Gasteiger charge is -2.27. The molecule has 0 fully saturated rings. The number of nitrogens with zero attached hydrogens (tertiary/aromatic N) is 2. The highest BCUT2D eigenvalue weighted by Gasteiger charge is 2.29. The average molecular weight is 509 g/mol. The summed E-state index contributed by atoms with van der Waals surface area (Å²) in [5.41, 5.74) is 0.696. The zero-order valence-corrected chi connectivity index (χ0v) is 20.5. The molecule has 3 aromatic rings. The second-order valence-corrected chi connectivity index (χ2v) is 10.0. The van der Waals surface area contributed by atoms with Gasteiger partial charge in [0, 0.05) is 25.2 Å². The van der Waals surface area contributed by atoms with Gasteiger partial charge in [0.15, 0.2) is 0 Å². The summed E-state index contributed by atoms with van der Waals surface area (Å²) >= 11 is 5.89. The third-order valence-electron chi connectivity index (χ3n) is 5.09. The molecule has 0 atom stereocenters. The van der Waals surface area contributed by atoms with Crippen molar-refractivity contribution in [1.29, 1.82) is 0 Å². The lowest BCUT2D eigenvalue weighted by atomic mass is 10.2. The first kappa shape index (κ1) is 25.9. The molecular weight excluding hydrogens is 483 g/mol. The quantitative estimate of drug-likeness (QED) is 0.387. The van der Waals surface area contributed by atoms with Crippen molar-refractivity contribution in [2.45, 2.75) is 24.9 Å². The summed E-state index contributed by atoms with van der Waals surface area (Å²) in [6, 6.07) is 15.1. The van der Waals surface area contributed by atoms with Crippen molar-refractivity contribution in [3.63, 3.8) is 0 Å². The predicted octanol–water partition coefficient (Wildman–Crippen LogP) is 4.25. The fraction of sp³-hybridized carbons (Fsp3) is 0.292. The average Bonchev–Trinajstić information content (AvgIpc) is 3.22. The fourth-order valence-corrected chi connectivity index (χ4v) is 4.78. The number of ether oxygens (including phenoxy) is 1. The van der Waals surface area contributed by atoms with Gasteiger partial charge in [-0.15, -0.1) is 0 Å². The molecule has 10 heteroatoms. The third-order valence-corrected chi connectivity index (χ3v) is 7.20. The van der Waals surface area contributed by atoms with Crippen LogP contribution in [0.4, 0.5) is 4.39 Å². The van der Waals surface area contributed by atoms with Gasteiger partial charge >= 0.3 is 0 Å². The van der Waals surface area contributed by atoms with Crippen LogP contribution in [-0.4, -0.2) is 50.3 Å². The number of methoxy groups -OCH3 is 1. The van der Waals surface area contributed by atoms with Crippen LogP contribution >= 0.6 is 11.6 Å². The van der Waals surface area contributed by atoms with Gasteiger partial charge in [-0.3, -0.25) is 4.79 Å². The molecule has 34 heavy (non-hydrogen) atoms. The maximum Gasteiger partial charge on any atom is 0.243 e. The van der Waals surface area contributed by atoms with Gasteiger partial charge in [-0.25, -0.2) is 12.8 Å². The summed E-state index contributed by atoms with van der Waals surface area (Å²) in [7, 11) is -2.54. The van der Waals surface area contributed by atoms with E-state index in [2.05, 4.69) is 0 Å². The number of hydrogen-bond donors (Lipinski definition) is 0. The van der Waals surface area contributed by atoms with Crippen LogP contribution < -0.4 is 0 Å². The largest absolute Gasteiger partial charge is 0.464 e. The molecule has 0 spiro atoms. The van der Waals surface area contributed by atoms with Gasteiger partial charge in [0.1, 0.15) is 17.3 Å². The van der Waals surface area contributed by atoms with Gasteiger partial charge in [-0.05, 0) is 61.0 Å². The molecule has 0 saturated carbocycles. The number of rotatable bonds is 11. The minimum absolute atomic E-state index is 0.0164. The second kappa shape index (κ2) is 11.6.